The fourth-order valence-corrected chi connectivity index (χ4v) is 2.78. The van der Waals surface area contributed by atoms with Crippen LogP contribution in [0.15, 0.2) is 34.9 Å². The number of benzene rings is 1. The molecule has 0 saturated carbocycles. The quantitative estimate of drug-likeness (QED) is 0.772. The van der Waals surface area contributed by atoms with Crippen LogP contribution in [0.1, 0.15) is 21.7 Å². The lowest BCUT2D eigenvalue weighted by Gasteiger charge is -2.29. The monoisotopic (exact) mass is 345 g/mol. The van der Waals surface area contributed by atoms with Crippen molar-refractivity contribution < 1.29 is 28.2 Å². The minimum Gasteiger partial charge on any atom is -0.493 e. The molecule has 0 radical (unpaired) electrons. The lowest BCUT2D eigenvalue weighted by molar-refractivity contribution is -0.135. The van der Waals surface area contributed by atoms with Gasteiger partial charge in [0.25, 0.3) is 5.91 Å². The molecule has 2 heterocycles. The Hall–Kier alpha value is -2.96. The molecule has 7 nitrogen and oxygen atoms in total. The van der Waals surface area contributed by atoms with Gasteiger partial charge in [0, 0.05) is 13.1 Å². The predicted molar refractivity (Wildman–Crippen MR) is 87.7 cm³/mol. The fourth-order valence-electron chi connectivity index (χ4n) is 2.78. The summed E-state index contributed by atoms with van der Waals surface area (Å²) in [5, 5.41) is 0. The van der Waals surface area contributed by atoms with Crippen molar-refractivity contribution in [3.8, 4) is 11.5 Å². The zero-order chi connectivity index (χ0) is 17.8. The Balaban J connectivity index is 1.63. The molecule has 25 heavy (non-hydrogen) atoms. The number of nitrogens with zero attached hydrogens (tertiary/aromatic N) is 1. The molecule has 0 fully saturated rings. The summed E-state index contributed by atoms with van der Waals surface area (Å²) in [5.41, 5.74) is 2.11. The Morgan fingerprint density at radius 3 is 2.52 bits per heavy atom. The summed E-state index contributed by atoms with van der Waals surface area (Å²) in [5.74, 6) is 0.476. The highest BCUT2D eigenvalue weighted by atomic mass is 16.5. The standard InChI is InChI=1S/C18H19NO6/c1-22-15-8-12-5-6-19(10-13(12)9-16(15)23-2)17(20)11-25-18(21)14-4-3-7-24-14/h3-4,7-9H,5-6,10-11H2,1-2H3. The minimum atomic E-state index is -0.651. The Morgan fingerprint density at radius 2 is 1.88 bits per heavy atom. The number of carbonyl (C=O) groups is 2. The minimum absolute atomic E-state index is 0.0774. The van der Waals surface area contributed by atoms with E-state index < -0.39 is 5.97 Å². The van der Waals surface area contributed by atoms with Gasteiger partial charge in [-0.2, -0.15) is 0 Å². The van der Waals surface area contributed by atoms with Crippen molar-refractivity contribution in [3.63, 3.8) is 0 Å². The van der Waals surface area contributed by atoms with E-state index in [1.54, 1.807) is 25.2 Å². The highest BCUT2D eigenvalue weighted by molar-refractivity contribution is 5.88. The molecule has 0 spiro atoms. The lowest BCUT2D eigenvalue weighted by atomic mass is 9.99. The first-order valence-corrected chi connectivity index (χ1v) is 7.84. The van der Waals surface area contributed by atoms with Crippen LogP contribution in [0, 0.1) is 0 Å². The molecule has 0 bridgehead atoms. The average molecular weight is 345 g/mol. The highest BCUT2D eigenvalue weighted by Gasteiger charge is 2.24. The van der Waals surface area contributed by atoms with Crippen LogP contribution in [0.3, 0.4) is 0 Å². The number of methoxy groups -OCH3 is 2. The summed E-state index contributed by atoms with van der Waals surface area (Å²) in [6.45, 7) is 0.675. The number of rotatable bonds is 5. The summed E-state index contributed by atoms with van der Waals surface area (Å²) in [4.78, 5) is 25.7. The summed E-state index contributed by atoms with van der Waals surface area (Å²) in [7, 11) is 3.17. The smallest absolute Gasteiger partial charge is 0.374 e. The van der Waals surface area contributed by atoms with Crippen molar-refractivity contribution in [3.05, 3.63) is 47.4 Å². The number of hydrogen-bond acceptors (Lipinski definition) is 6. The summed E-state index contributed by atoms with van der Waals surface area (Å²) in [6.07, 6.45) is 2.08. The molecule has 0 aliphatic carbocycles. The summed E-state index contributed by atoms with van der Waals surface area (Å²) < 4.78 is 20.6. The maximum absolute atomic E-state index is 12.3. The first kappa shape index (κ1) is 16.9. The van der Waals surface area contributed by atoms with E-state index in [-0.39, 0.29) is 18.3 Å². The number of ether oxygens (including phenoxy) is 3. The van der Waals surface area contributed by atoms with E-state index in [2.05, 4.69) is 0 Å². The first-order valence-electron chi connectivity index (χ1n) is 7.84. The van der Waals surface area contributed by atoms with Gasteiger partial charge in [0.05, 0.1) is 20.5 Å². The van der Waals surface area contributed by atoms with Crippen LogP contribution < -0.4 is 9.47 Å². The molecule has 0 atom stereocenters. The first-order chi connectivity index (χ1) is 12.1. The molecule has 132 valence electrons. The molecule has 0 N–H and O–H groups in total. The summed E-state index contributed by atoms with van der Waals surface area (Å²) in [6, 6.07) is 6.89. The topological polar surface area (TPSA) is 78.2 Å². The van der Waals surface area contributed by atoms with Crippen molar-refractivity contribution in [2.24, 2.45) is 0 Å². The molecular formula is C18H19NO6. The molecule has 7 heteroatoms. The van der Waals surface area contributed by atoms with Crippen LogP contribution in [0.4, 0.5) is 0 Å². The van der Waals surface area contributed by atoms with E-state index in [0.29, 0.717) is 31.0 Å². The molecular weight excluding hydrogens is 326 g/mol. The molecule has 1 aromatic heterocycles. The van der Waals surface area contributed by atoms with E-state index in [4.69, 9.17) is 18.6 Å². The predicted octanol–water partition coefficient (Wildman–Crippen LogP) is 2.04. The van der Waals surface area contributed by atoms with Crippen LogP contribution in [0.2, 0.25) is 0 Å². The normalized spacial score (nSPS) is 13.1. The van der Waals surface area contributed by atoms with Crippen LogP contribution in [0.5, 0.6) is 11.5 Å². The SMILES string of the molecule is COc1cc2c(cc1OC)CN(C(=O)COC(=O)c1ccco1)CC2. The van der Waals surface area contributed by atoms with Crippen LogP contribution in [0.25, 0.3) is 0 Å². The van der Waals surface area contributed by atoms with Crippen LogP contribution in [-0.2, 0) is 22.5 Å². The molecule has 3 rings (SSSR count). The van der Waals surface area contributed by atoms with Crippen LogP contribution in [-0.4, -0.2) is 44.1 Å². The van der Waals surface area contributed by atoms with Gasteiger partial charge in [-0.15, -0.1) is 0 Å². The van der Waals surface area contributed by atoms with Gasteiger partial charge >= 0.3 is 5.97 Å². The van der Waals surface area contributed by atoms with Gasteiger partial charge in [0.15, 0.2) is 18.1 Å². The Labute approximate surface area is 145 Å². The zero-order valence-corrected chi connectivity index (χ0v) is 14.1. The average Bonchev–Trinajstić information content (AvgIpc) is 3.18. The van der Waals surface area contributed by atoms with Gasteiger partial charge in [-0.05, 0) is 41.8 Å². The molecule has 0 unspecified atom stereocenters. The second kappa shape index (κ2) is 7.29. The lowest BCUT2D eigenvalue weighted by Crippen LogP contribution is -2.38. The highest BCUT2D eigenvalue weighted by Crippen LogP contribution is 2.33. The third-order valence-corrected chi connectivity index (χ3v) is 4.12. The number of fused-ring (bicyclic) bond motifs is 1. The maximum atomic E-state index is 12.3. The van der Waals surface area contributed by atoms with Gasteiger partial charge in [-0.25, -0.2) is 4.79 Å². The van der Waals surface area contributed by atoms with Crippen molar-refractivity contribution in [2.75, 3.05) is 27.4 Å². The molecule has 1 aliphatic heterocycles. The third-order valence-electron chi connectivity index (χ3n) is 4.12. The molecule has 2 aromatic rings. The van der Waals surface area contributed by atoms with Crippen molar-refractivity contribution in [2.45, 2.75) is 13.0 Å². The summed E-state index contributed by atoms with van der Waals surface area (Å²) >= 11 is 0. The Morgan fingerprint density at radius 1 is 1.16 bits per heavy atom. The van der Waals surface area contributed by atoms with Crippen LogP contribution >= 0.6 is 0 Å². The number of carbonyl (C=O) groups excluding carboxylic acids is 2. The van der Waals surface area contributed by atoms with Crippen molar-refractivity contribution in [1.29, 1.82) is 0 Å². The zero-order valence-electron chi connectivity index (χ0n) is 14.1. The third kappa shape index (κ3) is 3.60. The van der Waals surface area contributed by atoms with E-state index in [1.165, 1.54) is 12.3 Å². The number of esters is 1. The van der Waals surface area contributed by atoms with Gasteiger partial charge < -0.3 is 23.5 Å². The maximum Gasteiger partial charge on any atom is 0.374 e. The van der Waals surface area contributed by atoms with E-state index in [1.807, 2.05) is 12.1 Å². The number of amides is 1. The molecule has 0 saturated heterocycles. The second-order valence-corrected chi connectivity index (χ2v) is 5.59. The Kier molecular flexibility index (Phi) is 4.92. The Bertz CT molecular complexity index is 768. The second-order valence-electron chi connectivity index (χ2n) is 5.59. The fraction of sp³-hybridized carbons (Fsp3) is 0.333. The number of hydrogen-bond donors (Lipinski definition) is 0. The van der Waals surface area contributed by atoms with Gasteiger partial charge in [-0.1, -0.05) is 0 Å². The largest absolute Gasteiger partial charge is 0.493 e. The van der Waals surface area contributed by atoms with E-state index in [9.17, 15) is 9.59 Å². The van der Waals surface area contributed by atoms with Crippen molar-refractivity contribution in [1.82, 2.24) is 4.90 Å². The molecule has 1 aliphatic rings. The van der Waals surface area contributed by atoms with E-state index >= 15 is 0 Å². The number of furan rings is 1. The van der Waals surface area contributed by atoms with Gasteiger partial charge in [0.1, 0.15) is 0 Å². The van der Waals surface area contributed by atoms with Gasteiger partial charge in [0.2, 0.25) is 5.76 Å². The van der Waals surface area contributed by atoms with Crippen molar-refractivity contribution >= 4 is 11.9 Å². The molecule has 1 aromatic carbocycles. The van der Waals surface area contributed by atoms with E-state index in [0.717, 1.165) is 11.1 Å². The van der Waals surface area contributed by atoms with Gasteiger partial charge in [-0.3, -0.25) is 4.79 Å². The molecule has 1 amide bonds.